The number of amides is 2. The predicted molar refractivity (Wildman–Crippen MR) is 63.2 cm³/mol. The van der Waals surface area contributed by atoms with Gasteiger partial charge in [0.25, 0.3) is 0 Å². The lowest BCUT2D eigenvalue weighted by molar-refractivity contribution is -0.133. The summed E-state index contributed by atoms with van der Waals surface area (Å²) < 4.78 is 4.49. The van der Waals surface area contributed by atoms with Gasteiger partial charge in [-0.1, -0.05) is 0 Å². The number of anilines is 1. The molecule has 2 amide bonds. The summed E-state index contributed by atoms with van der Waals surface area (Å²) in [6, 6.07) is 2.42. The Morgan fingerprint density at radius 3 is 2.79 bits per heavy atom. The largest absolute Gasteiger partial charge is 0.464 e. The van der Waals surface area contributed by atoms with Crippen molar-refractivity contribution in [2.45, 2.75) is 18.9 Å². The second-order valence-corrected chi connectivity index (χ2v) is 3.94. The molecular formula is C11H12N4O4. The molecule has 0 aromatic carbocycles. The Labute approximate surface area is 108 Å². The van der Waals surface area contributed by atoms with Crippen LogP contribution in [0.1, 0.15) is 23.3 Å². The van der Waals surface area contributed by atoms with Crippen LogP contribution in [-0.2, 0) is 14.3 Å². The number of carbonyl (C=O) groups is 3. The van der Waals surface area contributed by atoms with Crippen LogP contribution in [0.15, 0.2) is 12.1 Å². The van der Waals surface area contributed by atoms with Crippen LogP contribution < -0.4 is 10.6 Å². The fourth-order valence-electron chi connectivity index (χ4n) is 1.63. The molecule has 2 rings (SSSR count). The summed E-state index contributed by atoms with van der Waals surface area (Å²) in [5.74, 6) is -0.910. The van der Waals surface area contributed by atoms with E-state index in [9.17, 15) is 14.4 Å². The summed E-state index contributed by atoms with van der Waals surface area (Å²) in [5, 5.41) is 12.5. The maximum absolute atomic E-state index is 11.5. The summed E-state index contributed by atoms with van der Waals surface area (Å²) in [5.41, 5.74) is 0.0799. The molecule has 1 fully saturated rings. The number of imide groups is 1. The van der Waals surface area contributed by atoms with Crippen molar-refractivity contribution in [1.29, 1.82) is 0 Å². The van der Waals surface area contributed by atoms with Crippen molar-refractivity contribution in [3.63, 3.8) is 0 Å². The number of nitrogens with one attached hydrogen (secondary N) is 2. The molecule has 1 saturated heterocycles. The van der Waals surface area contributed by atoms with Crippen molar-refractivity contribution in [3.8, 4) is 0 Å². The summed E-state index contributed by atoms with van der Waals surface area (Å²) in [6.45, 7) is 0. The molecule has 2 N–H and O–H groups in total. The first kappa shape index (κ1) is 12.9. The maximum Gasteiger partial charge on any atom is 0.358 e. The highest BCUT2D eigenvalue weighted by atomic mass is 16.5. The SMILES string of the molecule is COC(=O)c1ccc(NC2CCC(=O)NC2=O)nn1. The van der Waals surface area contributed by atoms with Gasteiger partial charge in [0.2, 0.25) is 11.8 Å². The number of hydrogen-bond acceptors (Lipinski definition) is 7. The van der Waals surface area contributed by atoms with Crippen molar-refractivity contribution in [2.75, 3.05) is 12.4 Å². The molecule has 1 aromatic heterocycles. The minimum atomic E-state index is -0.583. The van der Waals surface area contributed by atoms with Crippen LogP contribution in [0.3, 0.4) is 0 Å². The molecule has 0 spiro atoms. The van der Waals surface area contributed by atoms with E-state index >= 15 is 0 Å². The fourth-order valence-corrected chi connectivity index (χ4v) is 1.63. The molecule has 8 nitrogen and oxygen atoms in total. The number of ether oxygens (including phenoxy) is 1. The van der Waals surface area contributed by atoms with E-state index in [-0.39, 0.29) is 18.0 Å². The number of aromatic nitrogens is 2. The third-order valence-electron chi connectivity index (χ3n) is 2.62. The average molecular weight is 264 g/mol. The molecule has 19 heavy (non-hydrogen) atoms. The standard InChI is InChI=1S/C11H12N4O4/c1-19-11(18)7-2-4-8(15-14-7)12-6-3-5-9(16)13-10(6)17/h2,4,6H,3,5H2,1H3,(H,12,15)(H,13,16,17). The van der Waals surface area contributed by atoms with E-state index in [4.69, 9.17) is 0 Å². The summed E-state index contributed by atoms with van der Waals surface area (Å²) in [7, 11) is 1.25. The second kappa shape index (κ2) is 5.42. The molecule has 1 aliphatic heterocycles. The fraction of sp³-hybridized carbons (Fsp3) is 0.364. The Bertz CT molecular complexity index is 514. The molecule has 8 heteroatoms. The monoisotopic (exact) mass is 264 g/mol. The molecule has 0 aliphatic carbocycles. The highest BCUT2D eigenvalue weighted by Gasteiger charge is 2.26. The van der Waals surface area contributed by atoms with Crippen molar-refractivity contribution in [1.82, 2.24) is 15.5 Å². The smallest absolute Gasteiger partial charge is 0.358 e. The van der Waals surface area contributed by atoms with E-state index in [0.29, 0.717) is 12.2 Å². The normalized spacial score (nSPS) is 18.7. The number of esters is 1. The van der Waals surface area contributed by atoms with Gasteiger partial charge in [0.1, 0.15) is 11.9 Å². The van der Waals surface area contributed by atoms with E-state index in [1.54, 1.807) is 0 Å². The first-order chi connectivity index (χ1) is 9.10. The number of rotatable bonds is 3. The molecule has 0 radical (unpaired) electrons. The molecule has 0 bridgehead atoms. The molecule has 1 atom stereocenters. The van der Waals surface area contributed by atoms with Crippen LogP contribution in [0.4, 0.5) is 5.82 Å². The van der Waals surface area contributed by atoms with Crippen LogP contribution in [0.25, 0.3) is 0 Å². The van der Waals surface area contributed by atoms with Crippen molar-refractivity contribution in [2.24, 2.45) is 0 Å². The van der Waals surface area contributed by atoms with Crippen LogP contribution in [-0.4, -0.2) is 41.1 Å². The quantitative estimate of drug-likeness (QED) is 0.558. The highest BCUT2D eigenvalue weighted by molar-refractivity contribution is 6.01. The van der Waals surface area contributed by atoms with Gasteiger partial charge in [0.15, 0.2) is 5.69 Å². The molecule has 1 aliphatic rings. The second-order valence-electron chi connectivity index (χ2n) is 3.94. The average Bonchev–Trinajstić information content (AvgIpc) is 2.42. The Balaban J connectivity index is 2.01. The number of nitrogens with zero attached hydrogens (tertiary/aromatic N) is 2. The lowest BCUT2D eigenvalue weighted by Crippen LogP contribution is -2.47. The topological polar surface area (TPSA) is 110 Å². The Morgan fingerprint density at radius 2 is 2.21 bits per heavy atom. The minimum Gasteiger partial charge on any atom is -0.464 e. The van der Waals surface area contributed by atoms with Crippen LogP contribution >= 0.6 is 0 Å². The lowest BCUT2D eigenvalue weighted by atomic mass is 10.1. The van der Waals surface area contributed by atoms with Gasteiger partial charge in [-0.15, -0.1) is 10.2 Å². The molecule has 2 heterocycles. The molecular weight excluding hydrogens is 252 g/mol. The maximum atomic E-state index is 11.5. The number of hydrogen-bond donors (Lipinski definition) is 2. The molecule has 0 saturated carbocycles. The summed E-state index contributed by atoms with van der Waals surface area (Å²) in [6.07, 6.45) is 0.669. The third kappa shape index (κ3) is 3.03. The van der Waals surface area contributed by atoms with Crippen molar-refractivity contribution >= 4 is 23.6 Å². The van der Waals surface area contributed by atoms with Gasteiger partial charge in [-0.25, -0.2) is 4.79 Å². The summed E-state index contributed by atoms with van der Waals surface area (Å²) >= 11 is 0. The van der Waals surface area contributed by atoms with Gasteiger partial charge in [-0.05, 0) is 18.6 Å². The number of piperidine rings is 1. The zero-order valence-corrected chi connectivity index (χ0v) is 10.2. The van der Waals surface area contributed by atoms with Crippen molar-refractivity contribution in [3.05, 3.63) is 17.8 Å². The van der Waals surface area contributed by atoms with E-state index in [0.717, 1.165) is 0 Å². The first-order valence-electron chi connectivity index (χ1n) is 5.62. The van der Waals surface area contributed by atoms with Gasteiger partial charge < -0.3 is 10.1 Å². The molecule has 100 valence electrons. The van der Waals surface area contributed by atoms with Gasteiger partial charge in [0.05, 0.1) is 7.11 Å². The van der Waals surface area contributed by atoms with Gasteiger partial charge >= 0.3 is 5.97 Å². The number of carbonyl (C=O) groups excluding carboxylic acids is 3. The Kier molecular flexibility index (Phi) is 3.69. The minimum absolute atomic E-state index is 0.0799. The number of methoxy groups -OCH3 is 1. The van der Waals surface area contributed by atoms with E-state index in [1.165, 1.54) is 19.2 Å². The Morgan fingerprint density at radius 1 is 1.42 bits per heavy atom. The molecule has 1 unspecified atom stereocenters. The zero-order valence-electron chi connectivity index (χ0n) is 10.2. The highest BCUT2D eigenvalue weighted by Crippen LogP contribution is 2.11. The van der Waals surface area contributed by atoms with Crippen LogP contribution in [0.5, 0.6) is 0 Å². The van der Waals surface area contributed by atoms with Gasteiger partial charge in [-0.3, -0.25) is 14.9 Å². The zero-order chi connectivity index (χ0) is 13.8. The molecule has 1 aromatic rings. The third-order valence-corrected chi connectivity index (χ3v) is 2.62. The van der Waals surface area contributed by atoms with Gasteiger partial charge in [-0.2, -0.15) is 0 Å². The summed E-state index contributed by atoms with van der Waals surface area (Å²) in [4.78, 5) is 33.7. The van der Waals surface area contributed by atoms with Gasteiger partial charge in [0, 0.05) is 6.42 Å². The lowest BCUT2D eigenvalue weighted by Gasteiger charge is -2.21. The first-order valence-corrected chi connectivity index (χ1v) is 5.62. The van der Waals surface area contributed by atoms with E-state index in [1.807, 2.05) is 0 Å². The van der Waals surface area contributed by atoms with E-state index < -0.39 is 17.9 Å². The van der Waals surface area contributed by atoms with Crippen LogP contribution in [0.2, 0.25) is 0 Å². The van der Waals surface area contributed by atoms with Crippen LogP contribution in [0, 0.1) is 0 Å². The van der Waals surface area contributed by atoms with E-state index in [2.05, 4.69) is 25.6 Å². The predicted octanol–water partition coefficient (Wildman–Crippen LogP) is -0.520. The van der Waals surface area contributed by atoms with Crippen molar-refractivity contribution < 1.29 is 19.1 Å². The Hall–Kier alpha value is -2.51.